The Bertz CT molecular complexity index is 528. The summed E-state index contributed by atoms with van der Waals surface area (Å²) in [6.45, 7) is -0.486. The quantitative estimate of drug-likeness (QED) is 0.593. The van der Waals surface area contributed by atoms with Crippen molar-refractivity contribution in [3.05, 3.63) is 0 Å². The highest BCUT2D eigenvalue weighted by molar-refractivity contribution is 7.89. The highest BCUT2D eigenvalue weighted by atomic mass is 32.2. The van der Waals surface area contributed by atoms with Crippen molar-refractivity contribution in [2.45, 2.75) is 12.8 Å². The number of methoxy groups -OCH3 is 1. The summed E-state index contributed by atoms with van der Waals surface area (Å²) in [6, 6.07) is 0. The van der Waals surface area contributed by atoms with Crippen LogP contribution in [0.4, 0.5) is 0 Å². The summed E-state index contributed by atoms with van der Waals surface area (Å²) in [5.74, 6) is -6.21. The summed E-state index contributed by atoms with van der Waals surface area (Å²) in [6.07, 6.45) is -0.417. The molecule has 9 nitrogen and oxygen atoms in total. The fraction of sp³-hybridized carbons (Fsp3) is 0.727. The lowest BCUT2D eigenvalue weighted by Crippen LogP contribution is -2.49. The van der Waals surface area contributed by atoms with E-state index in [1.54, 1.807) is 0 Å². The number of carboxylic acids is 2. The molecule has 1 aliphatic heterocycles. The van der Waals surface area contributed by atoms with Crippen LogP contribution in [0.2, 0.25) is 0 Å². The number of hydrogen-bond acceptors (Lipinski definition) is 6. The Morgan fingerprint density at radius 1 is 1.19 bits per heavy atom. The van der Waals surface area contributed by atoms with Gasteiger partial charge < -0.3 is 14.9 Å². The van der Waals surface area contributed by atoms with Gasteiger partial charge in [-0.25, -0.2) is 12.7 Å². The van der Waals surface area contributed by atoms with Crippen molar-refractivity contribution < 1.29 is 37.8 Å². The Hall–Kier alpha value is -1.68. The van der Waals surface area contributed by atoms with Crippen LogP contribution in [0.5, 0.6) is 0 Å². The first kappa shape index (κ1) is 17.4. The van der Waals surface area contributed by atoms with Gasteiger partial charge in [0.1, 0.15) is 0 Å². The normalized spacial score (nSPS) is 23.5. The van der Waals surface area contributed by atoms with Crippen molar-refractivity contribution in [1.82, 2.24) is 4.31 Å². The van der Waals surface area contributed by atoms with E-state index in [2.05, 4.69) is 4.74 Å². The average molecular weight is 323 g/mol. The molecule has 120 valence electrons. The molecular formula is C11H17NO8S. The molecule has 0 aliphatic carbocycles. The molecule has 0 bridgehead atoms. The van der Waals surface area contributed by atoms with E-state index in [4.69, 9.17) is 10.2 Å². The first-order valence-corrected chi connectivity index (χ1v) is 7.80. The van der Waals surface area contributed by atoms with E-state index in [0.717, 1.165) is 11.4 Å². The lowest BCUT2D eigenvalue weighted by Gasteiger charge is -2.33. The minimum absolute atomic E-state index is 0.0791. The largest absolute Gasteiger partial charge is 0.481 e. The second kappa shape index (κ2) is 6.85. The third-order valence-electron chi connectivity index (χ3n) is 3.40. The van der Waals surface area contributed by atoms with Gasteiger partial charge in [0.15, 0.2) is 0 Å². The number of sulfonamides is 1. The van der Waals surface area contributed by atoms with Gasteiger partial charge in [0.05, 0.1) is 31.1 Å². The summed E-state index contributed by atoms with van der Waals surface area (Å²) in [4.78, 5) is 33.1. The van der Waals surface area contributed by atoms with Crippen LogP contribution in [0, 0.1) is 11.8 Å². The van der Waals surface area contributed by atoms with Gasteiger partial charge in [-0.1, -0.05) is 0 Å². The predicted molar refractivity (Wildman–Crippen MR) is 68.9 cm³/mol. The number of ether oxygens (including phenoxy) is 1. The maximum absolute atomic E-state index is 12.0. The molecule has 1 saturated heterocycles. The Morgan fingerprint density at radius 2 is 1.76 bits per heavy atom. The fourth-order valence-electron chi connectivity index (χ4n) is 2.16. The van der Waals surface area contributed by atoms with Crippen molar-refractivity contribution in [1.29, 1.82) is 0 Å². The van der Waals surface area contributed by atoms with Gasteiger partial charge in [-0.15, -0.1) is 0 Å². The highest BCUT2D eigenvalue weighted by Crippen LogP contribution is 2.26. The van der Waals surface area contributed by atoms with Crippen molar-refractivity contribution in [3.63, 3.8) is 0 Å². The molecule has 0 amide bonds. The van der Waals surface area contributed by atoms with Gasteiger partial charge in [0, 0.05) is 13.1 Å². The molecule has 2 unspecified atom stereocenters. The number of carbonyl (C=O) groups is 3. The SMILES string of the molecule is COC(=O)CCS(=O)(=O)N1CCC(C(=O)O)C(C(=O)O)C1. The Balaban J connectivity index is 2.79. The van der Waals surface area contributed by atoms with Crippen molar-refractivity contribution in [3.8, 4) is 0 Å². The maximum Gasteiger partial charge on any atom is 0.308 e. The highest BCUT2D eigenvalue weighted by Gasteiger charge is 2.42. The van der Waals surface area contributed by atoms with E-state index in [0.29, 0.717) is 0 Å². The maximum atomic E-state index is 12.0. The number of aliphatic carboxylic acids is 2. The first-order chi connectivity index (χ1) is 9.69. The standard InChI is InChI=1S/C11H17NO8S/c1-20-9(13)3-5-21(18,19)12-4-2-7(10(14)15)8(6-12)11(16)17/h7-8H,2-6H2,1H3,(H,14,15)(H,16,17). The summed E-state index contributed by atoms with van der Waals surface area (Å²) in [5.41, 5.74) is 0. The van der Waals surface area contributed by atoms with Crippen molar-refractivity contribution >= 4 is 27.9 Å². The molecule has 0 spiro atoms. The molecule has 0 aromatic carbocycles. The number of carbonyl (C=O) groups excluding carboxylic acids is 1. The number of carboxylic acid groups (broad SMARTS) is 2. The van der Waals surface area contributed by atoms with Gasteiger partial charge in [-0.3, -0.25) is 14.4 Å². The molecular weight excluding hydrogens is 306 g/mol. The molecule has 10 heteroatoms. The second-order valence-electron chi connectivity index (χ2n) is 4.68. The zero-order chi connectivity index (χ0) is 16.2. The molecule has 0 radical (unpaired) electrons. The zero-order valence-electron chi connectivity index (χ0n) is 11.4. The molecule has 0 aromatic heterocycles. The lowest BCUT2D eigenvalue weighted by molar-refractivity contribution is -0.156. The molecule has 1 fully saturated rings. The Labute approximate surface area is 121 Å². The smallest absolute Gasteiger partial charge is 0.308 e. The van der Waals surface area contributed by atoms with Gasteiger partial charge in [0.2, 0.25) is 10.0 Å². The Morgan fingerprint density at radius 3 is 2.24 bits per heavy atom. The topological polar surface area (TPSA) is 138 Å². The van der Waals surface area contributed by atoms with E-state index >= 15 is 0 Å². The van der Waals surface area contributed by atoms with Crippen LogP contribution in [-0.4, -0.2) is 66.8 Å². The summed E-state index contributed by atoms with van der Waals surface area (Å²) < 4.78 is 29.3. The van der Waals surface area contributed by atoms with Crippen LogP contribution in [-0.2, 0) is 29.1 Å². The number of esters is 1. The molecule has 1 heterocycles. The van der Waals surface area contributed by atoms with Gasteiger partial charge >= 0.3 is 17.9 Å². The number of rotatable bonds is 6. The summed E-state index contributed by atoms with van der Waals surface area (Å²) in [7, 11) is -2.70. The van der Waals surface area contributed by atoms with E-state index < -0.39 is 52.1 Å². The van der Waals surface area contributed by atoms with E-state index in [-0.39, 0.29) is 19.4 Å². The fourth-order valence-corrected chi connectivity index (χ4v) is 3.62. The Kier molecular flexibility index (Phi) is 5.67. The number of piperidine rings is 1. The van der Waals surface area contributed by atoms with Crippen LogP contribution >= 0.6 is 0 Å². The summed E-state index contributed by atoms with van der Waals surface area (Å²) in [5, 5.41) is 18.0. The monoisotopic (exact) mass is 323 g/mol. The lowest BCUT2D eigenvalue weighted by atomic mass is 9.86. The molecule has 2 N–H and O–H groups in total. The van der Waals surface area contributed by atoms with Crippen LogP contribution in [0.25, 0.3) is 0 Å². The number of hydrogen-bond donors (Lipinski definition) is 2. The van der Waals surface area contributed by atoms with E-state index in [1.807, 2.05) is 0 Å². The van der Waals surface area contributed by atoms with Crippen molar-refractivity contribution in [2.75, 3.05) is 26.0 Å². The number of nitrogens with zero attached hydrogens (tertiary/aromatic N) is 1. The zero-order valence-corrected chi connectivity index (χ0v) is 12.2. The third-order valence-corrected chi connectivity index (χ3v) is 5.23. The van der Waals surface area contributed by atoms with Crippen LogP contribution in [0.15, 0.2) is 0 Å². The van der Waals surface area contributed by atoms with Gasteiger partial charge in [-0.2, -0.15) is 0 Å². The molecule has 0 aromatic rings. The molecule has 2 atom stereocenters. The molecule has 0 saturated carbocycles. The minimum Gasteiger partial charge on any atom is -0.481 e. The third kappa shape index (κ3) is 4.39. The van der Waals surface area contributed by atoms with Crippen LogP contribution in [0.3, 0.4) is 0 Å². The van der Waals surface area contributed by atoms with E-state index in [9.17, 15) is 22.8 Å². The summed E-state index contributed by atoms with van der Waals surface area (Å²) >= 11 is 0. The van der Waals surface area contributed by atoms with Gasteiger partial charge in [0.25, 0.3) is 0 Å². The van der Waals surface area contributed by atoms with E-state index in [1.165, 1.54) is 0 Å². The first-order valence-electron chi connectivity index (χ1n) is 6.19. The molecule has 1 aliphatic rings. The predicted octanol–water partition coefficient (Wildman–Crippen LogP) is -1.01. The molecule has 21 heavy (non-hydrogen) atoms. The second-order valence-corrected chi connectivity index (χ2v) is 6.77. The van der Waals surface area contributed by atoms with Crippen LogP contribution in [0.1, 0.15) is 12.8 Å². The average Bonchev–Trinajstić information content (AvgIpc) is 2.43. The van der Waals surface area contributed by atoms with Crippen LogP contribution < -0.4 is 0 Å². The minimum atomic E-state index is -3.83. The van der Waals surface area contributed by atoms with Crippen molar-refractivity contribution in [2.24, 2.45) is 11.8 Å². The molecule has 1 rings (SSSR count). The van der Waals surface area contributed by atoms with Gasteiger partial charge in [-0.05, 0) is 6.42 Å².